The Kier molecular flexibility index (Phi) is 4.31. The van der Waals surface area contributed by atoms with Gasteiger partial charge in [0.25, 0.3) is 0 Å². The van der Waals surface area contributed by atoms with Crippen LogP contribution >= 0.6 is 0 Å². The molecule has 1 saturated heterocycles. The Morgan fingerprint density at radius 1 is 1.39 bits per heavy atom. The first-order chi connectivity index (χ1) is 8.59. The molecular weight excluding hydrogens is 224 g/mol. The van der Waals surface area contributed by atoms with Crippen molar-refractivity contribution in [3.63, 3.8) is 0 Å². The van der Waals surface area contributed by atoms with Crippen LogP contribution in [-0.2, 0) is 4.79 Å². The Bertz CT molecular complexity index is 295. The zero-order chi connectivity index (χ0) is 13.2. The minimum atomic E-state index is -0.182. The standard InChI is InChI=1S/C15H28N2O/c1-4-13-16-15(9-5-6-10-15)14(18)17(13)11-7-8-12(2)3/h12-13,16H,4-11H2,1-3H3. The van der Waals surface area contributed by atoms with Crippen LogP contribution in [0.5, 0.6) is 0 Å². The lowest BCUT2D eigenvalue weighted by Gasteiger charge is -2.23. The number of hydrogen-bond donors (Lipinski definition) is 1. The number of carbonyl (C=O) groups excluding carboxylic acids is 1. The summed E-state index contributed by atoms with van der Waals surface area (Å²) in [5.74, 6) is 1.12. The fourth-order valence-corrected chi connectivity index (χ4v) is 3.46. The van der Waals surface area contributed by atoms with Gasteiger partial charge in [0.15, 0.2) is 0 Å². The molecule has 1 saturated carbocycles. The maximum absolute atomic E-state index is 12.6. The van der Waals surface area contributed by atoms with Crippen LogP contribution in [0.15, 0.2) is 0 Å². The average molecular weight is 252 g/mol. The third-order valence-electron chi connectivity index (χ3n) is 4.51. The lowest BCUT2D eigenvalue weighted by molar-refractivity contribution is -0.133. The number of amides is 1. The van der Waals surface area contributed by atoms with Crippen molar-refractivity contribution in [1.82, 2.24) is 10.2 Å². The van der Waals surface area contributed by atoms with E-state index in [0.717, 1.165) is 38.1 Å². The molecule has 0 aromatic carbocycles. The highest BCUT2D eigenvalue weighted by molar-refractivity contribution is 5.89. The van der Waals surface area contributed by atoms with E-state index in [9.17, 15) is 4.79 Å². The maximum Gasteiger partial charge on any atom is 0.244 e. The van der Waals surface area contributed by atoms with Crippen LogP contribution in [0.25, 0.3) is 0 Å². The van der Waals surface area contributed by atoms with Gasteiger partial charge in [-0.05, 0) is 38.0 Å². The van der Waals surface area contributed by atoms with Gasteiger partial charge in [-0.1, -0.05) is 33.6 Å². The molecule has 2 rings (SSSR count). The van der Waals surface area contributed by atoms with Crippen molar-refractivity contribution in [1.29, 1.82) is 0 Å². The second-order valence-electron chi connectivity index (χ2n) is 6.39. The summed E-state index contributed by atoms with van der Waals surface area (Å²) in [5.41, 5.74) is -0.182. The Balaban J connectivity index is 1.97. The van der Waals surface area contributed by atoms with Crippen LogP contribution < -0.4 is 5.32 Å². The van der Waals surface area contributed by atoms with Crippen LogP contribution in [0.1, 0.15) is 65.7 Å². The summed E-state index contributed by atoms with van der Waals surface area (Å²) in [5, 5.41) is 3.63. The third-order valence-corrected chi connectivity index (χ3v) is 4.51. The Morgan fingerprint density at radius 3 is 2.61 bits per heavy atom. The zero-order valence-corrected chi connectivity index (χ0v) is 12.2. The molecule has 104 valence electrons. The molecule has 0 aromatic rings. The molecule has 1 aliphatic carbocycles. The quantitative estimate of drug-likeness (QED) is 0.816. The normalized spacial score (nSPS) is 26.8. The van der Waals surface area contributed by atoms with Crippen LogP contribution in [-0.4, -0.2) is 29.1 Å². The predicted molar refractivity (Wildman–Crippen MR) is 74.2 cm³/mol. The fourth-order valence-electron chi connectivity index (χ4n) is 3.46. The van der Waals surface area contributed by atoms with Crippen molar-refractivity contribution >= 4 is 5.91 Å². The molecule has 1 aliphatic heterocycles. The molecule has 2 aliphatic rings. The van der Waals surface area contributed by atoms with Gasteiger partial charge in [-0.2, -0.15) is 0 Å². The van der Waals surface area contributed by atoms with Gasteiger partial charge < -0.3 is 4.90 Å². The monoisotopic (exact) mass is 252 g/mol. The molecule has 1 atom stereocenters. The van der Waals surface area contributed by atoms with E-state index in [2.05, 4.69) is 31.0 Å². The van der Waals surface area contributed by atoms with Gasteiger partial charge >= 0.3 is 0 Å². The highest BCUT2D eigenvalue weighted by Crippen LogP contribution is 2.37. The molecule has 0 radical (unpaired) electrons. The number of carbonyl (C=O) groups is 1. The van der Waals surface area contributed by atoms with Crippen molar-refractivity contribution in [3.8, 4) is 0 Å². The highest BCUT2D eigenvalue weighted by atomic mass is 16.2. The van der Waals surface area contributed by atoms with E-state index >= 15 is 0 Å². The van der Waals surface area contributed by atoms with E-state index in [1.165, 1.54) is 19.3 Å². The van der Waals surface area contributed by atoms with Crippen LogP contribution in [0, 0.1) is 5.92 Å². The van der Waals surface area contributed by atoms with Crippen molar-refractivity contribution in [2.45, 2.75) is 77.4 Å². The summed E-state index contributed by atoms with van der Waals surface area (Å²) in [6.07, 6.45) is 8.15. The molecule has 3 nitrogen and oxygen atoms in total. The van der Waals surface area contributed by atoms with Gasteiger partial charge in [-0.3, -0.25) is 10.1 Å². The highest BCUT2D eigenvalue weighted by Gasteiger charge is 2.51. The summed E-state index contributed by atoms with van der Waals surface area (Å²) in [7, 11) is 0. The first-order valence-electron chi connectivity index (χ1n) is 7.68. The van der Waals surface area contributed by atoms with Crippen LogP contribution in [0.4, 0.5) is 0 Å². The molecule has 1 unspecified atom stereocenters. The smallest absolute Gasteiger partial charge is 0.244 e. The lowest BCUT2D eigenvalue weighted by atomic mass is 9.98. The number of rotatable bonds is 5. The van der Waals surface area contributed by atoms with Crippen molar-refractivity contribution in [3.05, 3.63) is 0 Å². The van der Waals surface area contributed by atoms with Gasteiger partial charge in [0.05, 0.1) is 11.7 Å². The van der Waals surface area contributed by atoms with Gasteiger partial charge in [0.1, 0.15) is 0 Å². The molecule has 0 aromatic heterocycles. The second kappa shape index (κ2) is 5.60. The first-order valence-corrected chi connectivity index (χ1v) is 7.68. The topological polar surface area (TPSA) is 32.3 Å². The summed E-state index contributed by atoms with van der Waals surface area (Å²) < 4.78 is 0. The minimum absolute atomic E-state index is 0.182. The average Bonchev–Trinajstić information content (AvgIpc) is 2.89. The van der Waals surface area contributed by atoms with Gasteiger partial charge in [-0.15, -0.1) is 0 Å². The summed E-state index contributed by atoms with van der Waals surface area (Å²) >= 11 is 0. The number of hydrogen-bond acceptors (Lipinski definition) is 2. The molecule has 0 bridgehead atoms. The third kappa shape index (κ3) is 2.56. The Morgan fingerprint density at radius 2 is 2.06 bits per heavy atom. The van der Waals surface area contributed by atoms with Crippen molar-refractivity contribution in [2.75, 3.05) is 6.54 Å². The number of nitrogens with zero attached hydrogens (tertiary/aromatic N) is 1. The minimum Gasteiger partial charge on any atom is -0.326 e. The molecule has 1 amide bonds. The molecular formula is C15H28N2O. The van der Waals surface area contributed by atoms with E-state index in [1.54, 1.807) is 0 Å². The van der Waals surface area contributed by atoms with E-state index in [-0.39, 0.29) is 11.7 Å². The lowest BCUT2D eigenvalue weighted by Crippen LogP contribution is -2.44. The summed E-state index contributed by atoms with van der Waals surface area (Å²) in [6, 6.07) is 0. The molecule has 1 N–H and O–H groups in total. The van der Waals surface area contributed by atoms with Gasteiger partial charge in [0, 0.05) is 6.54 Å². The Hall–Kier alpha value is -0.570. The largest absolute Gasteiger partial charge is 0.326 e. The summed E-state index contributed by atoms with van der Waals surface area (Å²) in [4.78, 5) is 14.8. The molecule has 1 spiro atoms. The molecule has 18 heavy (non-hydrogen) atoms. The zero-order valence-electron chi connectivity index (χ0n) is 12.2. The van der Waals surface area contributed by atoms with Gasteiger partial charge in [0.2, 0.25) is 5.91 Å². The molecule has 2 fully saturated rings. The predicted octanol–water partition coefficient (Wildman–Crippen LogP) is 2.90. The SMILES string of the molecule is CCC1NC2(CCCC2)C(=O)N1CCCC(C)C. The van der Waals surface area contributed by atoms with Gasteiger partial charge in [-0.25, -0.2) is 0 Å². The summed E-state index contributed by atoms with van der Waals surface area (Å²) in [6.45, 7) is 7.61. The molecule has 3 heteroatoms. The van der Waals surface area contributed by atoms with Crippen LogP contribution in [0.3, 0.4) is 0 Å². The van der Waals surface area contributed by atoms with Crippen molar-refractivity contribution < 1.29 is 4.79 Å². The van der Waals surface area contributed by atoms with E-state index in [4.69, 9.17) is 0 Å². The van der Waals surface area contributed by atoms with Crippen LogP contribution in [0.2, 0.25) is 0 Å². The van der Waals surface area contributed by atoms with Crippen molar-refractivity contribution in [2.24, 2.45) is 5.92 Å². The maximum atomic E-state index is 12.6. The number of nitrogens with one attached hydrogen (secondary N) is 1. The van der Waals surface area contributed by atoms with E-state index in [1.807, 2.05) is 0 Å². The Labute approximate surface area is 111 Å². The first kappa shape index (κ1) is 13.9. The molecule has 1 heterocycles. The van der Waals surface area contributed by atoms with E-state index in [0.29, 0.717) is 5.91 Å². The fraction of sp³-hybridized carbons (Fsp3) is 0.933. The second-order valence-corrected chi connectivity index (χ2v) is 6.39. The van der Waals surface area contributed by atoms with E-state index < -0.39 is 0 Å².